The maximum Gasteiger partial charge on any atom is 0.410 e. The molecule has 2 atom stereocenters. The van der Waals surface area contributed by atoms with Crippen LogP contribution >= 0.6 is 0 Å². The molecule has 6 rings (SSSR count). The summed E-state index contributed by atoms with van der Waals surface area (Å²) in [6.45, 7) is 0.343. The zero-order valence-electron chi connectivity index (χ0n) is 18.1. The maximum atomic E-state index is 13.2. The molecule has 3 heterocycles. The van der Waals surface area contributed by atoms with Gasteiger partial charge in [-0.25, -0.2) is 9.78 Å². The molecule has 162 valence electrons. The van der Waals surface area contributed by atoms with E-state index in [4.69, 9.17) is 10.00 Å². The van der Waals surface area contributed by atoms with Crippen LogP contribution in [0.3, 0.4) is 0 Å². The normalized spacial score (nSPS) is 20.6. The van der Waals surface area contributed by atoms with Gasteiger partial charge in [0.2, 0.25) is 0 Å². The molecule has 5 nitrogen and oxygen atoms in total. The molecule has 1 aliphatic carbocycles. The number of rotatable bonds is 3. The van der Waals surface area contributed by atoms with Crippen LogP contribution < -0.4 is 0 Å². The fourth-order valence-corrected chi connectivity index (χ4v) is 5.69. The van der Waals surface area contributed by atoms with Crippen molar-refractivity contribution in [1.29, 1.82) is 5.26 Å². The van der Waals surface area contributed by atoms with Crippen molar-refractivity contribution in [2.45, 2.75) is 37.3 Å². The van der Waals surface area contributed by atoms with Crippen LogP contribution in [0.5, 0.6) is 0 Å². The third-order valence-corrected chi connectivity index (χ3v) is 7.19. The number of amides is 1. The summed E-state index contributed by atoms with van der Waals surface area (Å²) in [4.78, 5) is 19.2. The molecule has 0 saturated carbocycles. The van der Waals surface area contributed by atoms with Crippen molar-refractivity contribution in [2.75, 3.05) is 6.61 Å². The lowest BCUT2D eigenvalue weighted by Gasteiger charge is -2.33. The molecule has 1 fully saturated rings. The van der Waals surface area contributed by atoms with Crippen molar-refractivity contribution >= 4 is 11.7 Å². The predicted molar refractivity (Wildman–Crippen MR) is 125 cm³/mol. The van der Waals surface area contributed by atoms with Crippen molar-refractivity contribution in [3.05, 3.63) is 95.3 Å². The highest BCUT2D eigenvalue weighted by molar-refractivity contribution is 5.79. The number of nitriles is 1. The molecule has 1 saturated heterocycles. The molecule has 2 aliphatic heterocycles. The van der Waals surface area contributed by atoms with Crippen LogP contribution in [0.25, 0.3) is 16.7 Å². The molecular weight excluding hydrogens is 410 g/mol. The SMILES string of the molecule is N#Cc1cc(C2=CC3CCC(C2)N3C(=O)OCC2c3ccccc3-c3ccccc32)ccn1. The summed E-state index contributed by atoms with van der Waals surface area (Å²) in [5, 5.41) is 9.16. The van der Waals surface area contributed by atoms with E-state index in [9.17, 15) is 4.79 Å². The zero-order valence-corrected chi connectivity index (χ0v) is 18.1. The van der Waals surface area contributed by atoms with E-state index in [-0.39, 0.29) is 24.1 Å². The van der Waals surface area contributed by atoms with E-state index in [1.54, 1.807) is 6.20 Å². The minimum Gasteiger partial charge on any atom is -0.448 e. The monoisotopic (exact) mass is 433 g/mol. The lowest BCUT2D eigenvalue weighted by Crippen LogP contribution is -2.43. The second-order valence-corrected chi connectivity index (χ2v) is 8.95. The number of pyridine rings is 1. The Hall–Kier alpha value is -3.91. The molecule has 2 unspecified atom stereocenters. The minimum absolute atomic E-state index is 0.0353. The van der Waals surface area contributed by atoms with Gasteiger partial charge in [0.1, 0.15) is 18.4 Å². The summed E-state index contributed by atoms with van der Waals surface area (Å²) in [5.41, 5.74) is 7.53. The second kappa shape index (κ2) is 7.90. The molecule has 0 radical (unpaired) electrons. The average Bonchev–Trinajstić information content (AvgIpc) is 3.33. The molecule has 0 N–H and O–H groups in total. The zero-order chi connectivity index (χ0) is 22.4. The van der Waals surface area contributed by atoms with Crippen LogP contribution in [0.1, 0.15) is 47.6 Å². The highest BCUT2D eigenvalue weighted by Crippen LogP contribution is 2.45. The van der Waals surface area contributed by atoms with Crippen LogP contribution in [-0.2, 0) is 4.74 Å². The van der Waals surface area contributed by atoms with Gasteiger partial charge in [-0.15, -0.1) is 0 Å². The fraction of sp³-hybridized carbons (Fsp3) is 0.250. The first-order valence-electron chi connectivity index (χ1n) is 11.4. The van der Waals surface area contributed by atoms with E-state index in [0.717, 1.165) is 24.8 Å². The van der Waals surface area contributed by atoms with Gasteiger partial charge in [0.15, 0.2) is 0 Å². The van der Waals surface area contributed by atoms with Gasteiger partial charge < -0.3 is 4.74 Å². The largest absolute Gasteiger partial charge is 0.448 e. The van der Waals surface area contributed by atoms with E-state index >= 15 is 0 Å². The maximum absolute atomic E-state index is 13.2. The first-order chi connectivity index (χ1) is 16.2. The van der Waals surface area contributed by atoms with E-state index < -0.39 is 0 Å². The van der Waals surface area contributed by atoms with Gasteiger partial charge in [-0.1, -0.05) is 54.6 Å². The van der Waals surface area contributed by atoms with Crippen molar-refractivity contribution in [2.24, 2.45) is 0 Å². The fourth-order valence-electron chi connectivity index (χ4n) is 5.69. The molecule has 0 spiro atoms. The van der Waals surface area contributed by atoms with Gasteiger partial charge in [0.05, 0.1) is 6.04 Å². The van der Waals surface area contributed by atoms with E-state index in [0.29, 0.717) is 12.3 Å². The van der Waals surface area contributed by atoms with Crippen LogP contribution in [0.2, 0.25) is 0 Å². The van der Waals surface area contributed by atoms with Crippen molar-refractivity contribution in [3.63, 3.8) is 0 Å². The number of nitrogens with zero attached hydrogens (tertiary/aromatic N) is 3. The predicted octanol–water partition coefficient (Wildman–Crippen LogP) is 5.52. The molecular formula is C28H23N3O2. The lowest BCUT2D eigenvalue weighted by molar-refractivity contribution is 0.0866. The number of fused-ring (bicyclic) bond motifs is 5. The molecule has 5 heteroatoms. The van der Waals surface area contributed by atoms with Gasteiger partial charge in [0, 0.05) is 18.2 Å². The van der Waals surface area contributed by atoms with Crippen molar-refractivity contribution in [1.82, 2.24) is 9.88 Å². The second-order valence-electron chi connectivity index (χ2n) is 8.95. The number of hydrogen-bond donors (Lipinski definition) is 0. The van der Waals surface area contributed by atoms with E-state index in [1.165, 1.54) is 27.8 Å². The Morgan fingerprint density at radius 3 is 2.48 bits per heavy atom. The third-order valence-electron chi connectivity index (χ3n) is 7.19. The smallest absolute Gasteiger partial charge is 0.410 e. The molecule has 3 aliphatic rings. The van der Waals surface area contributed by atoms with Gasteiger partial charge in [0.25, 0.3) is 0 Å². The van der Waals surface area contributed by atoms with Gasteiger partial charge in [-0.2, -0.15) is 5.26 Å². The quantitative estimate of drug-likeness (QED) is 0.545. The van der Waals surface area contributed by atoms with Crippen LogP contribution in [0, 0.1) is 11.3 Å². The number of carbonyl (C=O) groups is 1. The number of benzene rings is 2. The topological polar surface area (TPSA) is 66.2 Å². The molecule has 2 bridgehead atoms. The minimum atomic E-state index is -0.230. The number of carbonyl (C=O) groups excluding carboxylic acids is 1. The first kappa shape index (κ1) is 19.8. The number of hydrogen-bond acceptors (Lipinski definition) is 4. The third kappa shape index (κ3) is 3.30. The highest BCUT2D eigenvalue weighted by Gasteiger charge is 2.41. The Morgan fingerprint density at radius 2 is 1.79 bits per heavy atom. The Kier molecular flexibility index (Phi) is 4.73. The van der Waals surface area contributed by atoms with Crippen molar-refractivity contribution < 1.29 is 9.53 Å². The summed E-state index contributed by atoms with van der Waals surface area (Å²) < 4.78 is 5.94. The lowest BCUT2D eigenvalue weighted by atomic mass is 9.95. The van der Waals surface area contributed by atoms with Gasteiger partial charge in [-0.05, 0) is 64.8 Å². The van der Waals surface area contributed by atoms with Crippen molar-refractivity contribution in [3.8, 4) is 17.2 Å². The highest BCUT2D eigenvalue weighted by atomic mass is 16.6. The van der Waals surface area contributed by atoms with E-state index in [2.05, 4.69) is 53.5 Å². The molecule has 3 aromatic rings. The Morgan fingerprint density at radius 1 is 1.06 bits per heavy atom. The van der Waals surface area contributed by atoms with Crippen LogP contribution in [0.4, 0.5) is 4.79 Å². The summed E-state index contributed by atoms with van der Waals surface area (Å²) in [6, 6.07) is 22.8. The first-order valence-corrected chi connectivity index (χ1v) is 11.4. The summed E-state index contributed by atoms with van der Waals surface area (Å²) in [7, 11) is 0. The number of aromatic nitrogens is 1. The van der Waals surface area contributed by atoms with E-state index in [1.807, 2.05) is 29.2 Å². The Bertz CT molecular complexity index is 1280. The summed E-state index contributed by atoms with van der Waals surface area (Å²) >= 11 is 0. The Balaban J connectivity index is 1.20. The van der Waals surface area contributed by atoms with Gasteiger partial charge in [-0.3, -0.25) is 4.90 Å². The van der Waals surface area contributed by atoms with Crippen LogP contribution in [-0.4, -0.2) is 34.7 Å². The van der Waals surface area contributed by atoms with Crippen LogP contribution in [0.15, 0.2) is 72.9 Å². The van der Waals surface area contributed by atoms with Gasteiger partial charge >= 0.3 is 6.09 Å². The standard InChI is InChI=1S/C28H23N3O2/c29-16-20-13-18(11-12-30-20)19-14-21-9-10-22(15-19)31(21)28(32)33-17-27-25-7-3-1-5-23(25)24-6-2-4-8-26(24)27/h1-8,11-14,21-22,27H,9-10,15,17H2. The summed E-state index contributed by atoms with van der Waals surface area (Å²) in [5.74, 6) is 0.0659. The molecule has 2 aromatic carbocycles. The average molecular weight is 434 g/mol. The summed E-state index contributed by atoms with van der Waals surface area (Å²) in [6.07, 6.45) is 6.29. The molecule has 1 amide bonds. The molecule has 33 heavy (non-hydrogen) atoms. The Labute approximate surface area is 192 Å². The number of ether oxygens (including phenoxy) is 1. The molecule has 1 aromatic heterocycles.